The van der Waals surface area contributed by atoms with Crippen molar-refractivity contribution in [1.29, 1.82) is 0 Å². The van der Waals surface area contributed by atoms with Crippen LogP contribution in [0, 0.1) is 6.92 Å². The highest BCUT2D eigenvalue weighted by molar-refractivity contribution is 7.11. The van der Waals surface area contributed by atoms with Crippen LogP contribution in [0.5, 0.6) is 0 Å². The zero-order valence-corrected chi connectivity index (χ0v) is 15.7. The van der Waals surface area contributed by atoms with Crippen LogP contribution >= 0.6 is 11.3 Å². The number of nitrogens with zero attached hydrogens (tertiary/aromatic N) is 2. The Labute approximate surface area is 155 Å². The first-order valence-corrected chi connectivity index (χ1v) is 9.55. The van der Waals surface area contributed by atoms with Crippen molar-refractivity contribution in [2.24, 2.45) is 0 Å². The van der Waals surface area contributed by atoms with E-state index in [1.54, 1.807) is 13.1 Å². The van der Waals surface area contributed by atoms with E-state index in [1.807, 2.05) is 13.0 Å². The van der Waals surface area contributed by atoms with Gasteiger partial charge in [-0.3, -0.25) is 9.89 Å². The highest BCUT2D eigenvalue weighted by Gasteiger charge is 2.28. The normalized spacial score (nSPS) is 19.3. The summed E-state index contributed by atoms with van der Waals surface area (Å²) < 4.78 is 4.92. The second kappa shape index (κ2) is 8.31. The molecule has 1 saturated carbocycles. The van der Waals surface area contributed by atoms with Crippen molar-refractivity contribution in [2.75, 3.05) is 11.9 Å². The van der Waals surface area contributed by atoms with E-state index in [2.05, 4.69) is 25.8 Å². The molecule has 8 nitrogen and oxygen atoms in total. The monoisotopic (exact) mass is 377 g/mol. The van der Waals surface area contributed by atoms with Gasteiger partial charge in [-0.15, -0.1) is 11.3 Å². The van der Waals surface area contributed by atoms with Crippen molar-refractivity contribution >= 4 is 29.2 Å². The molecular formula is C17H23N5O3S. The highest BCUT2D eigenvalue weighted by Crippen LogP contribution is 2.34. The second-order valence-corrected chi connectivity index (χ2v) is 7.67. The van der Waals surface area contributed by atoms with Crippen molar-refractivity contribution in [3.8, 4) is 0 Å². The molecule has 2 amide bonds. The number of thiazole rings is 1. The second-order valence-electron chi connectivity index (χ2n) is 6.35. The van der Waals surface area contributed by atoms with Crippen LogP contribution < -0.4 is 10.6 Å². The number of nitrogens with one attached hydrogen (secondary N) is 3. The molecule has 3 N–H and O–H groups in total. The van der Waals surface area contributed by atoms with Gasteiger partial charge in [-0.1, -0.05) is 0 Å². The summed E-state index contributed by atoms with van der Waals surface area (Å²) in [5, 5.41) is 13.8. The van der Waals surface area contributed by atoms with Gasteiger partial charge in [-0.05, 0) is 33.1 Å². The predicted molar refractivity (Wildman–Crippen MR) is 98.3 cm³/mol. The molecule has 0 bridgehead atoms. The summed E-state index contributed by atoms with van der Waals surface area (Å²) in [6.45, 7) is 4.07. The van der Waals surface area contributed by atoms with E-state index in [1.165, 1.54) is 11.3 Å². The number of carbonyl (C=O) groups is 2. The number of alkyl carbamates (subject to hydrolysis) is 1. The molecule has 1 fully saturated rings. The minimum absolute atomic E-state index is 0.106. The van der Waals surface area contributed by atoms with Crippen molar-refractivity contribution in [1.82, 2.24) is 20.5 Å². The number of amides is 2. The Balaban J connectivity index is 1.50. The quantitative estimate of drug-likeness (QED) is 0.717. The van der Waals surface area contributed by atoms with Crippen LogP contribution in [0.25, 0.3) is 0 Å². The Kier molecular flexibility index (Phi) is 5.87. The van der Waals surface area contributed by atoms with Crippen LogP contribution in [0.1, 0.15) is 47.7 Å². The number of hydrogen-bond donors (Lipinski definition) is 3. The van der Waals surface area contributed by atoms with Crippen molar-refractivity contribution in [3.05, 3.63) is 27.8 Å². The first-order chi connectivity index (χ1) is 12.5. The molecule has 2 atom stereocenters. The molecule has 26 heavy (non-hydrogen) atoms. The number of hydrogen-bond acceptors (Lipinski definition) is 6. The van der Waals surface area contributed by atoms with E-state index in [0.717, 1.165) is 34.8 Å². The van der Waals surface area contributed by atoms with Gasteiger partial charge < -0.3 is 15.4 Å². The molecule has 0 aliphatic heterocycles. The molecule has 2 aromatic rings. The molecule has 2 heterocycles. The Morgan fingerprint density at radius 2 is 2.27 bits per heavy atom. The smallest absolute Gasteiger partial charge is 0.407 e. The molecule has 0 aromatic carbocycles. The van der Waals surface area contributed by atoms with E-state index in [-0.39, 0.29) is 24.0 Å². The SMILES string of the molecule is CCOC(=O)N[C@@H]1CC[C@H](c2cc(NC(=O)Cc3cnc(C)s3)n[nH]2)C1. The summed E-state index contributed by atoms with van der Waals surface area (Å²) in [5.74, 6) is 0.692. The predicted octanol–water partition coefficient (Wildman–Crippen LogP) is 2.74. The average molecular weight is 377 g/mol. The average Bonchev–Trinajstić information content (AvgIpc) is 3.29. The lowest BCUT2D eigenvalue weighted by atomic mass is 10.0. The third-order valence-electron chi connectivity index (χ3n) is 4.34. The summed E-state index contributed by atoms with van der Waals surface area (Å²) in [7, 11) is 0. The topological polar surface area (TPSA) is 109 Å². The van der Waals surface area contributed by atoms with Gasteiger partial charge in [-0.2, -0.15) is 5.10 Å². The molecule has 1 aliphatic rings. The maximum Gasteiger partial charge on any atom is 0.407 e. The van der Waals surface area contributed by atoms with E-state index in [9.17, 15) is 9.59 Å². The number of aromatic nitrogens is 3. The summed E-state index contributed by atoms with van der Waals surface area (Å²) in [6, 6.07) is 1.97. The molecule has 0 spiro atoms. The van der Waals surface area contributed by atoms with Gasteiger partial charge in [0.2, 0.25) is 5.91 Å². The fourth-order valence-electron chi connectivity index (χ4n) is 3.18. The van der Waals surface area contributed by atoms with Crippen molar-refractivity contribution in [2.45, 2.75) is 51.5 Å². The van der Waals surface area contributed by atoms with Gasteiger partial charge in [-0.25, -0.2) is 9.78 Å². The third-order valence-corrected chi connectivity index (χ3v) is 5.25. The van der Waals surface area contributed by atoms with Gasteiger partial charge >= 0.3 is 6.09 Å². The minimum atomic E-state index is -0.367. The van der Waals surface area contributed by atoms with E-state index in [4.69, 9.17) is 4.74 Å². The molecule has 2 aromatic heterocycles. The summed E-state index contributed by atoms with van der Waals surface area (Å²) in [6.07, 6.45) is 4.33. The molecule has 0 saturated heterocycles. The number of H-pyrrole nitrogens is 1. The Morgan fingerprint density at radius 3 is 3.00 bits per heavy atom. The van der Waals surface area contributed by atoms with Gasteiger partial charge in [0, 0.05) is 34.8 Å². The zero-order chi connectivity index (χ0) is 18.5. The summed E-state index contributed by atoms with van der Waals surface area (Å²) >= 11 is 1.52. The number of aryl methyl sites for hydroxylation is 1. The molecule has 1 aliphatic carbocycles. The van der Waals surface area contributed by atoms with Crippen LogP contribution in [0.15, 0.2) is 12.3 Å². The van der Waals surface area contributed by atoms with Gasteiger partial charge in [0.05, 0.1) is 18.0 Å². The largest absolute Gasteiger partial charge is 0.450 e. The summed E-state index contributed by atoms with van der Waals surface area (Å²) in [4.78, 5) is 28.7. The van der Waals surface area contributed by atoms with Gasteiger partial charge in [0.15, 0.2) is 5.82 Å². The lowest BCUT2D eigenvalue weighted by Crippen LogP contribution is -2.33. The molecule has 0 unspecified atom stereocenters. The summed E-state index contributed by atoms with van der Waals surface area (Å²) in [5.41, 5.74) is 0.974. The molecular weight excluding hydrogens is 354 g/mol. The highest BCUT2D eigenvalue weighted by atomic mass is 32.1. The number of anilines is 1. The number of carbonyl (C=O) groups excluding carboxylic acids is 2. The van der Waals surface area contributed by atoms with E-state index in [0.29, 0.717) is 18.8 Å². The Bertz CT molecular complexity index is 772. The fraction of sp³-hybridized carbons (Fsp3) is 0.529. The molecule has 9 heteroatoms. The number of ether oxygens (including phenoxy) is 1. The van der Waals surface area contributed by atoms with Crippen LogP contribution in [-0.2, 0) is 16.0 Å². The first-order valence-electron chi connectivity index (χ1n) is 8.73. The fourth-order valence-corrected chi connectivity index (χ4v) is 3.97. The van der Waals surface area contributed by atoms with E-state index >= 15 is 0 Å². The van der Waals surface area contributed by atoms with Crippen LogP contribution in [0.3, 0.4) is 0 Å². The third kappa shape index (κ3) is 4.81. The maximum atomic E-state index is 12.1. The van der Waals surface area contributed by atoms with E-state index < -0.39 is 0 Å². The molecule has 3 rings (SSSR count). The maximum absolute atomic E-state index is 12.1. The lowest BCUT2D eigenvalue weighted by Gasteiger charge is -2.12. The van der Waals surface area contributed by atoms with Gasteiger partial charge in [0.1, 0.15) is 0 Å². The number of aromatic amines is 1. The molecule has 0 radical (unpaired) electrons. The van der Waals surface area contributed by atoms with Crippen LogP contribution in [0.4, 0.5) is 10.6 Å². The zero-order valence-electron chi connectivity index (χ0n) is 14.9. The molecule has 140 valence electrons. The lowest BCUT2D eigenvalue weighted by molar-refractivity contribution is -0.115. The first kappa shape index (κ1) is 18.4. The Hall–Kier alpha value is -2.42. The number of rotatable bonds is 6. The minimum Gasteiger partial charge on any atom is -0.450 e. The van der Waals surface area contributed by atoms with Gasteiger partial charge in [0.25, 0.3) is 0 Å². The van der Waals surface area contributed by atoms with Crippen molar-refractivity contribution in [3.63, 3.8) is 0 Å². The van der Waals surface area contributed by atoms with Crippen LogP contribution in [-0.4, -0.2) is 39.8 Å². The van der Waals surface area contributed by atoms with Crippen molar-refractivity contribution < 1.29 is 14.3 Å². The van der Waals surface area contributed by atoms with Crippen LogP contribution in [0.2, 0.25) is 0 Å². The Morgan fingerprint density at radius 1 is 1.42 bits per heavy atom. The standard InChI is InChI=1S/C17H23N5O3S/c1-3-25-17(24)19-12-5-4-11(6-12)14-8-15(22-21-14)20-16(23)7-13-9-18-10(2)26-13/h8-9,11-12H,3-7H2,1-2H3,(H,19,24)(H2,20,21,22,23)/t11-,12+/m0/s1.